The summed E-state index contributed by atoms with van der Waals surface area (Å²) in [5.74, 6) is 0.293. The maximum atomic E-state index is 12.8. The molecule has 2 heterocycles. The van der Waals surface area contributed by atoms with Crippen LogP contribution in [0.25, 0.3) is 10.9 Å². The van der Waals surface area contributed by atoms with E-state index in [1.807, 2.05) is 30.3 Å². The highest BCUT2D eigenvalue weighted by Gasteiger charge is 2.10. The predicted molar refractivity (Wildman–Crippen MR) is 114 cm³/mol. The summed E-state index contributed by atoms with van der Waals surface area (Å²) in [7, 11) is 0. The van der Waals surface area contributed by atoms with Crippen LogP contribution in [-0.4, -0.2) is 21.7 Å². The molecule has 2 aromatic carbocycles. The van der Waals surface area contributed by atoms with Crippen LogP contribution in [-0.2, 0) is 0 Å². The number of nitrogens with zero attached hydrogens (tertiary/aromatic N) is 2. The number of ketones is 1. The van der Waals surface area contributed by atoms with Crippen LogP contribution in [0.2, 0.25) is 0 Å². The number of aromatic nitrogens is 2. The van der Waals surface area contributed by atoms with Crippen LogP contribution in [0.4, 0.5) is 17.2 Å². The molecule has 6 heteroatoms. The van der Waals surface area contributed by atoms with E-state index in [0.29, 0.717) is 22.6 Å². The highest BCUT2D eigenvalue weighted by atomic mass is 16.1. The maximum absolute atomic E-state index is 12.8. The van der Waals surface area contributed by atoms with E-state index < -0.39 is 0 Å². The van der Waals surface area contributed by atoms with Gasteiger partial charge in [-0.1, -0.05) is 18.2 Å². The first kappa shape index (κ1) is 18.3. The highest BCUT2D eigenvalue weighted by molar-refractivity contribution is 6.08. The van der Waals surface area contributed by atoms with Crippen molar-refractivity contribution in [2.75, 3.05) is 10.6 Å². The fourth-order valence-electron chi connectivity index (χ4n) is 2.98. The monoisotopic (exact) mass is 382 g/mol. The third-order valence-corrected chi connectivity index (χ3v) is 4.47. The number of hydrogen-bond acceptors (Lipinski definition) is 5. The Morgan fingerprint density at radius 2 is 1.62 bits per heavy atom. The van der Waals surface area contributed by atoms with Crippen molar-refractivity contribution in [3.63, 3.8) is 0 Å². The molecule has 0 atom stereocenters. The minimum Gasteiger partial charge on any atom is -0.340 e. The zero-order valence-electron chi connectivity index (χ0n) is 15.7. The Morgan fingerprint density at radius 1 is 0.828 bits per heavy atom. The Morgan fingerprint density at radius 3 is 2.41 bits per heavy atom. The van der Waals surface area contributed by atoms with Crippen molar-refractivity contribution >= 4 is 39.8 Å². The molecule has 0 spiro atoms. The van der Waals surface area contributed by atoms with Gasteiger partial charge >= 0.3 is 0 Å². The van der Waals surface area contributed by atoms with Crippen molar-refractivity contribution in [2.45, 2.75) is 6.92 Å². The molecule has 4 rings (SSSR count). The summed E-state index contributed by atoms with van der Waals surface area (Å²) in [6, 6.07) is 19.9. The van der Waals surface area contributed by atoms with Crippen molar-refractivity contribution in [1.29, 1.82) is 0 Å². The van der Waals surface area contributed by atoms with Crippen LogP contribution >= 0.6 is 0 Å². The van der Waals surface area contributed by atoms with Crippen molar-refractivity contribution < 1.29 is 9.59 Å². The lowest BCUT2D eigenvalue weighted by Crippen LogP contribution is -2.13. The van der Waals surface area contributed by atoms with E-state index in [4.69, 9.17) is 0 Å². The van der Waals surface area contributed by atoms with Crippen molar-refractivity contribution in [1.82, 2.24) is 9.97 Å². The molecule has 2 aromatic heterocycles. The van der Waals surface area contributed by atoms with Gasteiger partial charge in [0.25, 0.3) is 5.91 Å². The number of carbonyl (C=O) groups excluding carboxylic acids is 2. The first-order chi connectivity index (χ1) is 14.1. The van der Waals surface area contributed by atoms with Crippen LogP contribution in [0.15, 0.2) is 79.1 Å². The molecular formula is C23H18N4O2. The second-order valence-corrected chi connectivity index (χ2v) is 6.52. The minimum atomic E-state index is -0.250. The molecule has 0 saturated carbocycles. The summed E-state index contributed by atoms with van der Waals surface area (Å²) in [5.41, 5.74) is 3.27. The Kier molecular flexibility index (Phi) is 4.99. The topological polar surface area (TPSA) is 84.0 Å². The summed E-state index contributed by atoms with van der Waals surface area (Å²) >= 11 is 0. The molecule has 6 nitrogen and oxygen atoms in total. The number of Topliss-reactive ketones (excluding diaryl/α,β-unsaturated/α-hetero) is 1. The van der Waals surface area contributed by atoms with Crippen molar-refractivity contribution in [3.8, 4) is 0 Å². The van der Waals surface area contributed by atoms with Gasteiger partial charge in [-0.3, -0.25) is 14.6 Å². The first-order valence-electron chi connectivity index (χ1n) is 9.09. The Hall–Kier alpha value is -4.06. The molecule has 4 aromatic rings. The largest absolute Gasteiger partial charge is 0.340 e. The Balaban J connectivity index is 1.53. The number of rotatable bonds is 5. The number of hydrogen-bond donors (Lipinski definition) is 2. The zero-order chi connectivity index (χ0) is 20.2. The molecule has 0 saturated heterocycles. The van der Waals surface area contributed by atoms with Gasteiger partial charge in [0, 0.05) is 34.6 Å². The number of pyridine rings is 2. The van der Waals surface area contributed by atoms with Crippen LogP contribution in [0.1, 0.15) is 27.6 Å². The number of para-hydroxylation sites is 1. The lowest BCUT2D eigenvalue weighted by atomic mass is 10.1. The van der Waals surface area contributed by atoms with Gasteiger partial charge in [-0.25, -0.2) is 4.98 Å². The lowest BCUT2D eigenvalue weighted by molar-refractivity contribution is 0.101. The third-order valence-electron chi connectivity index (χ3n) is 4.47. The molecule has 0 unspecified atom stereocenters. The molecule has 29 heavy (non-hydrogen) atoms. The summed E-state index contributed by atoms with van der Waals surface area (Å²) in [5, 5.41) is 7.02. The summed E-state index contributed by atoms with van der Waals surface area (Å²) in [4.78, 5) is 32.8. The van der Waals surface area contributed by atoms with Crippen molar-refractivity contribution in [2.24, 2.45) is 0 Å². The van der Waals surface area contributed by atoms with Crippen LogP contribution in [0.5, 0.6) is 0 Å². The van der Waals surface area contributed by atoms with Gasteiger partial charge in [-0.2, -0.15) is 0 Å². The van der Waals surface area contributed by atoms with Gasteiger partial charge in [0.05, 0.1) is 11.2 Å². The van der Waals surface area contributed by atoms with E-state index in [9.17, 15) is 9.59 Å². The normalized spacial score (nSPS) is 10.5. The van der Waals surface area contributed by atoms with E-state index in [-0.39, 0.29) is 11.7 Å². The predicted octanol–water partition coefficient (Wildman–Crippen LogP) is 4.83. The molecular weight excluding hydrogens is 364 g/mol. The van der Waals surface area contributed by atoms with Gasteiger partial charge in [0.2, 0.25) is 0 Å². The van der Waals surface area contributed by atoms with E-state index in [0.717, 1.165) is 16.6 Å². The zero-order valence-corrected chi connectivity index (χ0v) is 15.7. The standard InChI is InChI=1S/C23H18N4O2/c1-15(28)16-7-9-19(10-8-16)26-21-14-18(11-13-24-21)23(29)27-20-6-2-4-17-5-3-12-25-22(17)20/h2-14H,1H3,(H,24,26)(H,27,29). The Bertz CT molecular complexity index is 1200. The van der Waals surface area contributed by atoms with Crippen molar-refractivity contribution in [3.05, 3.63) is 90.3 Å². The molecule has 0 aliphatic carbocycles. The van der Waals surface area contributed by atoms with Gasteiger partial charge in [0.15, 0.2) is 5.78 Å². The van der Waals surface area contributed by atoms with E-state index >= 15 is 0 Å². The lowest BCUT2D eigenvalue weighted by Gasteiger charge is -2.10. The molecule has 0 aliphatic rings. The second-order valence-electron chi connectivity index (χ2n) is 6.52. The first-order valence-corrected chi connectivity index (χ1v) is 9.09. The molecule has 0 radical (unpaired) electrons. The van der Waals surface area contributed by atoms with Gasteiger partial charge in [-0.05, 0) is 55.5 Å². The second kappa shape index (κ2) is 7.90. The maximum Gasteiger partial charge on any atom is 0.255 e. The fraction of sp³-hybridized carbons (Fsp3) is 0.0435. The summed E-state index contributed by atoms with van der Waals surface area (Å²) in [6.07, 6.45) is 3.27. The van der Waals surface area contributed by atoms with Crippen LogP contribution < -0.4 is 10.6 Å². The Labute approximate surface area is 167 Å². The summed E-state index contributed by atoms with van der Waals surface area (Å²) in [6.45, 7) is 1.53. The van der Waals surface area contributed by atoms with Gasteiger partial charge in [-0.15, -0.1) is 0 Å². The quantitative estimate of drug-likeness (QED) is 0.483. The fourth-order valence-corrected chi connectivity index (χ4v) is 2.98. The number of fused-ring (bicyclic) bond motifs is 1. The number of nitrogens with one attached hydrogen (secondary N) is 2. The number of benzene rings is 2. The molecule has 142 valence electrons. The average molecular weight is 382 g/mol. The third kappa shape index (κ3) is 4.11. The van der Waals surface area contributed by atoms with E-state index in [2.05, 4.69) is 20.6 Å². The molecule has 0 bridgehead atoms. The van der Waals surface area contributed by atoms with E-state index in [1.165, 1.54) is 6.92 Å². The average Bonchev–Trinajstić information content (AvgIpc) is 2.74. The summed E-state index contributed by atoms with van der Waals surface area (Å²) < 4.78 is 0. The highest BCUT2D eigenvalue weighted by Crippen LogP contribution is 2.22. The number of anilines is 3. The smallest absolute Gasteiger partial charge is 0.255 e. The van der Waals surface area contributed by atoms with Crippen LogP contribution in [0, 0.1) is 0 Å². The van der Waals surface area contributed by atoms with Gasteiger partial charge in [0.1, 0.15) is 5.82 Å². The van der Waals surface area contributed by atoms with Crippen LogP contribution in [0.3, 0.4) is 0 Å². The molecule has 0 fully saturated rings. The number of amides is 1. The molecule has 2 N–H and O–H groups in total. The van der Waals surface area contributed by atoms with E-state index in [1.54, 1.807) is 48.8 Å². The molecule has 1 amide bonds. The number of carbonyl (C=O) groups is 2. The minimum absolute atomic E-state index is 0.0104. The SMILES string of the molecule is CC(=O)c1ccc(Nc2cc(C(=O)Nc3cccc4cccnc34)ccn2)cc1. The van der Waals surface area contributed by atoms with Gasteiger partial charge < -0.3 is 10.6 Å². The molecule has 0 aliphatic heterocycles.